The number of terminal acetylenes is 1. The van der Waals surface area contributed by atoms with E-state index >= 15 is 0 Å². The van der Waals surface area contributed by atoms with Crippen LogP contribution < -0.4 is 16.0 Å². The van der Waals surface area contributed by atoms with Gasteiger partial charge >= 0.3 is 5.69 Å². The van der Waals surface area contributed by atoms with Crippen molar-refractivity contribution in [1.82, 2.24) is 9.66 Å². The van der Waals surface area contributed by atoms with Gasteiger partial charge in [0.05, 0.1) is 17.1 Å². The van der Waals surface area contributed by atoms with Crippen molar-refractivity contribution < 1.29 is 4.74 Å². The highest BCUT2D eigenvalue weighted by atomic mass is 16.5. The standard InChI is InChI=1S/C18H13N3O3/c1-2-10-24-14-7-5-6-13(11-14)12-19-21-17(22)15-8-3-4-9-16(15)20-18(21)23/h1,3-9,11-12H,10H2,(H,20,23). The summed E-state index contributed by atoms with van der Waals surface area (Å²) in [6.45, 7) is 0.157. The fourth-order valence-electron chi connectivity index (χ4n) is 2.19. The third-order valence-electron chi connectivity index (χ3n) is 3.29. The molecule has 6 nitrogen and oxygen atoms in total. The van der Waals surface area contributed by atoms with E-state index in [4.69, 9.17) is 11.2 Å². The second-order valence-electron chi connectivity index (χ2n) is 4.90. The smallest absolute Gasteiger partial charge is 0.349 e. The Hall–Kier alpha value is -3.59. The molecular formula is C18H13N3O3. The lowest BCUT2D eigenvalue weighted by Gasteiger charge is -2.03. The van der Waals surface area contributed by atoms with Gasteiger partial charge in [0.15, 0.2) is 0 Å². The summed E-state index contributed by atoms with van der Waals surface area (Å²) >= 11 is 0. The van der Waals surface area contributed by atoms with E-state index in [2.05, 4.69) is 16.0 Å². The number of nitrogens with one attached hydrogen (secondary N) is 1. The molecule has 0 radical (unpaired) electrons. The lowest BCUT2D eigenvalue weighted by Crippen LogP contribution is -2.32. The SMILES string of the molecule is C#CCOc1cccc(C=Nn2c(=O)[nH]c3ccccc3c2=O)c1. The van der Waals surface area contributed by atoms with Crippen molar-refractivity contribution >= 4 is 17.1 Å². The Labute approximate surface area is 137 Å². The molecule has 0 fully saturated rings. The van der Waals surface area contributed by atoms with Gasteiger partial charge < -0.3 is 9.72 Å². The van der Waals surface area contributed by atoms with E-state index in [0.29, 0.717) is 22.2 Å². The van der Waals surface area contributed by atoms with Crippen LogP contribution in [0, 0.1) is 12.3 Å². The molecule has 1 heterocycles. The molecule has 0 bridgehead atoms. The van der Waals surface area contributed by atoms with Gasteiger partial charge in [-0.1, -0.05) is 30.2 Å². The Morgan fingerprint density at radius 1 is 1.21 bits per heavy atom. The third kappa shape index (κ3) is 3.10. The summed E-state index contributed by atoms with van der Waals surface area (Å²) < 4.78 is 6.11. The van der Waals surface area contributed by atoms with Crippen molar-refractivity contribution in [3.8, 4) is 18.1 Å². The van der Waals surface area contributed by atoms with Gasteiger partial charge in [-0.15, -0.1) is 11.1 Å². The number of rotatable bonds is 4. The molecule has 0 unspecified atom stereocenters. The molecule has 0 aliphatic carbocycles. The van der Waals surface area contributed by atoms with Crippen molar-refractivity contribution in [2.24, 2.45) is 5.10 Å². The first-order valence-electron chi connectivity index (χ1n) is 7.14. The molecule has 0 atom stereocenters. The summed E-state index contributed by atoms with van der Waals surface area (Å²) in [7, 11) is 0. The molecule has 3 rings (SSSR count). The van der Waals surface area contributed by atoms with E-state index in [9.17, 15) is 9.59 Å². The maximum absolute atomic E-state index is 12.4. The lowest BCUT2D eigenvalue weighted by atomic mass is 10.2. The molecule has 6 heteroatoms. The predicted octanol–water partition coefficient (Wildman–Crippen LogP) is 1.58. The van der Waals surface area contributed by atoms with Crippen LogP contribution in [0.4, 0.5) is 0 Å². The van der Waals surface area contributed by atoms with Crippen LogP contribution in [-0.4, -0.2) is 22.5 Å². The van der Waals surface area contributed by atoms with Crippen molar-refractivity contribution in [1.29, 1.82) is 0 Å². The number of aromatic nitrogens is 2. The Kier molecular flexibility index (Phi) is 4.25. The van der Waals surface area contributed by atoms with E-state index < -0.39 is 11.2 Å². The van der Waals surface area contributed by atoms with Crippen LogP contribution in [0.5, 0.6) is 5.75 Å². The fraction of sp³-hybridized carbons (Fsp3) is 0.0556. The number of para-hydroxylation sites is 1. The number of hydrogen-bond donors (Lipinski definition) is 1. The number of ether oxygens (including phenoxy) is 1. The average molecular weight is 319 g/mol. The summed E-state index contributed by atoms with van der Waals surface area (Å²) in [6.07, 6.45) is 6.56. The maximum atomic E-state index is 12.4. The van der Waals surface area contributed by atoms with Gasteiger partial charge in [-0.2, -0.15) is 5.10 Å². The fourth-order valence-corrected chi connectivity index (χ4v) is 2.19. The monoisotopic (exact) mass is 319 g/mol. The molecule has 1 aromatic heterocycles. The molecule has 0 amide bonds. The van der Waals surface area contributed by atoms with Crippen molar-refractivity contribution in [3.63, 3.8) is 0 Å². The zero-order valence-electron chi connectivity index (χ0n) is 12.6. The van der Waals surface area contributed by atoms with Gasteiger partial charge in [-0.3, -0.25) is 4.79 Å². The first-order valence-corrected chi connectivity index (χ1v) is 7.14. The van der Waals surface area contributed by atoms with Gasteiger partial charge in [-0.05, 0) is 29.8 Å². The Bertz CT molecular complexity index is 1070. The molecule has 0 aliphatic heterocycles. The molecule has 1 N–H and O–H groups in total. The largest absolute Gasteiger partial charge is 0.481 e. The molecule has 118 valence electrons. The topological polar surface area (TPSA) is 76.5 Å². The van der Waals surface area contributed by atoms with E-state index in [1.165, 1.54) is 6.21 Å². The first-order chi connectivity index (χ1) is 11.7. The summed E-state index contributed by atoms with van der Waals surface area (Å²) in [6, 6.07) is 13.8. The Balaban J connectivity index is 1.98. The molecule has 0 aliphatic rings. The minimum Gasteiger partial charge on any atom is -0.481 e. The van der Waals surface area contributed by atoms with Crippen LogP contribution >= 0.6 is 0 Å². The summed E-state index contributed by atoms with van der Waals surface area (Å²) in [5.74, 6) is 2.96. The Morgan fingerprint density at radius 2 is 2.04 bits per heavy atom. The number of aromatic amines is 1. The van der Waals surface area contributed by atoms with E-state index in [1.54, 1.807) is 48.5 Å². The van der Waals surface area contributed by atoms with Crippen molar-refractivity contribution in [2.45, 2.75) is 0 Å². The minimum atomic E-state index is -0.602. The lowest BCUT2D eigenvalue weighted by molar-refractivity contribution is 0.370. The third-order valence-corrected chi connectivity index (χ3v) is 3.29. The highest BCUT2D eigenvalue weighted by molar-refractivity contribution is 5.80. The van der Waals surface area contributed by atoms with Gasteiger partial charge in [-0.25, -0.2) is 4.79 Å². The average Bonchev–Trinajstić information content (AvgIpc) is 2.60. The number of nitrogens with zero attached hydrogens (tertiary/aromatic N) is 2. The van der Waals surface area contributed by atoms with Crippen LogP contribution in [0.3, 0.4) is 0 Å². The van der Waals surface area contributed by atoms with Gasteiger partial charge in [0, 0.05) is 0 Å². The number of hydrogen-bond acceptors (Lipinski definition) is 4. The van der Waals surface area contributed by atoms with Gasteiger partial charge in [0.2, 0.25) is 0 Å². The molecule has 0 saturated carbocycles. The molecule has 0 spiro atoms. The van der Waals surface area contributed by atoms with Crippen LogP contribution in [0.25, 0.3) is 10.9 Å². The number of benzene rings is 2. The molecule has 2 aromatic carbocycles. The van der Waals surface area contributed by atoms with Crippen molar-refractivity contribution in [3.05, 3.63) is 74.9 Å². The highest BCUT2D eigenvalue weighted by Gasteiger charge is 2.05. The maximum Gasteiger partial charge on any atom is 0.349 e. The minimum absolute atomic E-state index is 0.157. The van der Waals surface area contributed by atoms with Crippen molar-refractivity contribution in [2.75, 3.05) is 6.61 Å². The number of H-pyrrole nitrogens is 1. The predicted molar refractivity (Wildman–Crippen MR) is 92.6 cm³/mol. The number of fused-ring (bicyclic) bond motifs is 1. The van der Waals surface area contributed by atoms with Gasteiger partial charge in [0.1, 0.15) is 12.4 Å². The van der Waals surface area contributed by atoms with Crippen LogP contribution in [-0.2, 0) is 0 Å². The normalized spacial score (nSPS) is 10.8. The van der Waals surface area contributed by atoms with Crippen LogP contribution in [0.1, 0.15) is 5.56 Å². The van der Waals surface area contributed by atoms with E-state index in [1.807, 2.05) is 0 Å². The van der Waals surface area contributed by atoms with E-state index in [0.717, 1.165) is 4.68 Å². The molecule has 3 aromatic rings. The molecule has 24 heavy (non-hydrogen) atoms. The second-order valence-corrected chi connectivity index (χ2v) is 4.90. The summed E-state index contributed by atoms with van der Waals surface area (Å²) in [5.41, 5.74) is 0.0626. The van der Waals surface area contributed by atoms with Crippen LogP contribution in [0.2, 0.25) is 0 Å². The quantitative estimate of drug-likeness (QED) is 0.586. The molecule has 0 saturated heterocycles. The van der Waals surface area contributed by atoms with Crippen LogP contribution in [0.15, 0.2) is 63.2 Å². The first kappa shape index (κ1) is 15.3. The Morgan fingerprint density at radius 3 is 2.88 bits per heavy atom. The zero-order valence-corrected chi connectivity index (χ0v) is 12.6. The molecular weight excluding hydrogens is 306 g/mol. The van der Waals surface area contributed by atoms with Gasteiger partial charge in [0.25, 0.3) is 5.56 Å². The summed E-state index contributed by atoms with van der Waals surface area (Å²) in [4.78, 5) is 27.0. The summed E-state index contributed by atoms with van der Waals surface area (Å²) in [5, 5.41) is 4.38. The zero-order chi connectivity index (χ0) is 16.9. The highest BCUT2D eigenvalue weighted by Crippen LogP contribution is 2.11. The van der Waals surface area contributed by atoms with E-state index in [-0.39, 0.29) is 6.61 Å². The second kappa shape index (κ2) is 6.67.